The average Bonchev–Trinajstić information content (AvgIpc) is 3.44. The molecule has 0 bridgehead atoms. The van der Waals surface area contributed by atoms with Crippen molar-refractivity contribution in [3.05, 3.63) is 70.8 Å². The zero-order chi connectivity index (χ0) is 21.3. The van der Waals surface area contributed by atoms with E-state index in [1.54, 1.807) is 37.3 Å². The number of amides is 1. The van der Waals surface area contributed by atoms with Gasteiger partial charge in [0.1, 0.15) is 11.5 Å². The van der Waals surface area contributed by atoms with E-state index >= 15 is 0 Å². The summed E-state index contributed by atoms with van der Waals surface area (Å²) in [4.78, 5) is 29.0. The maximum Gasteiger partial charge on any atom is 0.349 e. The van der Waals surface area contributed by atoms with E-state index in [1.807, 2.05) is 0 Å². The van der Waals surface area contributed by atoms with E-state index in [9.17, 15) is 18.4 Å². The first-order valence-corrected chi connectivity index (χ1v) is 9.62. The number of carbonyl (C=O) groups excluding carboxylic acids is 2. The van der Waals surface area contributed by atoms with Crippen molar-refractivity contribution in [1.29, 1.82) is 0 Å². The van der Waals surface area contributed by atoms with Gasteiger partial charge in [-0.15, -0.1) is 11.3 Å². The Labute approximate surface area is 172 Å². The number of anilines is 1. The Morgan fingerprint density at radius 2 is 2.07 bits per heavy atom. The Kier molecular flexibility index (Phi) is 5.32. The number of hydrogen-bond donors (Lipinski definition) is 1. The van der Waals surface area contributed by atoms with Gasteiger partial charge in [0.2, 0.25) is 0 Å². The summed E-state index contributed by atoms with van der Waals surface area (Å²) in [6.45, 7) is -1.55. The third kappa shape index (κ3) is 3.81. The van der Waals surface area contributed by atoms with Crippen molar-refractivity contribution in [2.24, 2.45) is 0 Å². The van der Waals surface area contributed by atoms with Gasteiger partial charge >= 0.3 is 12.5 Å². The Morgan fingerprint density at radius 1 is 1.27 bits per heavy atom. The molecule has 0 aliphatic heterocycles. The van der Waals surface area contributed by atoms with E-state index in [0.717, 1.165) is 15.9 Å². The Morgan fingerprint density at radius 3 is 2.80 bits per heavy atom. The van der Waals surface area contributed by atoms with Crippen LogP contribution in [-0.2, 0) is 11.3 Å². The van der Waals surface area contributed by atoms with Gasteiger partial charge in [0.15, 0.2) is 11.6 Å². The first kappa shape index (κ1) is 19.8. The summed E-state index contributed by atoms with van der Waals surface area (Å²) in [5.74, 6) is -1.06. The van der Waals surface area contributed by atoms with Crippen molar-refractivity contribution in [2.75, 3.05) is 5.32 Å². The number of thiophene rings is 1. The molecule has 1 amide bonds. The zero-order valence-electron chi connectivity index (χ0n) is 15.6. The standard InChI is InChI=1S/C20H15F2N3O4S/c1-11-9-16(24-18(26)14-7-4-8-28-14)30-17(11)19(27)29-10-15-23-12-5-2-3-6-13(12)25(15)20(21)22/h2-9,20H,10H2,1H3,(H,24,26). The molecule has 30 heavy (non-hydrogen) atoms. The molecule has 0 spiro atoms. The molecule has 0 radical (unpaired) electrons. The largest absolute Gasteiger partial charge is 0.459 e. The maximum atomic E-state index is 13.5. The molecule has 0 saturated carbocycles. The summed E-state index contributed by atoms with van der Waals surface area (Å²) < 4.78 is 38.0. The summed E-state index contributed by atoms with van der Waals surface area (Å²) in [6, 6.07) is 11.2. The number of imidazole rings is 1. The number of furan rings is 1. The fourth-order valence-electron chi connectivity index (χ4n) is 2.94. The Hall–Kier alpha value is -3.53. The van der Waals surface area contributed by atoms with E-state index < -0.39 is 25.0 Å². The number of aromatic nitrogens is 2. The lowest BCUT2D eigenvalue weighted by atomic mass is 10.3. The van der Waals surface area contributed by atoms with Crippen molar-refractivity contribution in [1.82, 2.24) is 9.55 Å². The van der Waals surface area contributed by atoms with Gasteiger partial charge in [0.25, 0.3) is 5.91 Å². The number of fused-ring (bicyclic) bond motifs is 1. The van der Waals surface area contributed by atoms with Gasteiger partial charge in [0.05, 0.1) is 22.3 Å². The van der Waals surface area contributed by atoms with Gasteiger partial charge in [0, 0.05) is 0 Å². The van der Waals surface area contributed by atoms with Gasteiger partial charge < -0.3 is 14.5 Å². The van der Waals surface area contributed by atoms with Gasteiger partial charge in [-0.25, -0.2) is 9.78 Å². The number of benzene rings is 1. The molecule has 154 valence electrons. The predicted molar refractivity (Wildman–Crippen MR) is 106 cm³/mol. The first-order chi connectivity index (χ1) is 14.4. The van der Waals surface area contributed by atoms with E-state index in [-0.39, 0.29) is 22.0 Å². The van der Waals surface area contributed by atoms with Gasteiger partial charge in [-0.2, -0.15) is 8.78 Å². The van der Waals surface area contributed by atoms with Gasteiger partial charge in [-0.05, 0) is 42.8 Å². The lowest BCUT2D eigenvalue weighted by molar-refractivity contribution is 0.0391. The molecule has 7 nitrogen and oxygen atoms in total. The minimum absolute atomic E-state index is 0.0555. The van der Waals surface area contributed by atoms with Crippen molar-refractivity contribution < 1.29 is 27.5 Å². The van der Waals surface area contributed by atoms with E-state index in [4.69, 9.17) is 9.15 Å². The van der Waals surface area contributed by atoms with E-state index in [2.05, 4.69) is 10.3 Å². The minimum atomic E-state index is -2.82. The molecular formula is C20H15F2N3O4S. The number of ether oxygens (including phenoxy) is 1. The summed E-state index contributed by atoms with van der Waals surface area (Å²) in [5, 5.41) is 3.07. The molecular weight excluding hydrogens is 416 g/mol. The molecule has 0 aliphatic rings. The topological polar surface area (TPSA) is 86.4 Å². The predicted octanol–water partition coefficient (Wildman–Crippen LogP) is 5.00. The van der Waals surface area contributed by atoms with Crippen LogP contribution in [0.25, 0.3) is 11.0 Å². The normalized spacial score (nSPS) is 11.2. The maximum absolute atomic E-state index is 13.5. The van der Waals surface area contributed by atoms with Crippen molar-refractivity contribution in [2.45, 2.75) is 20.1 Å². The fraction of sp³-hybridized carbons (Fsp3) is 0.150. The zero-order valence-corrected chi connectivity index (χ0v) is 16.4. The third-order valence-corrected chi connectivity index (χ3v) is 5.41. The molecule has 0 fully saturated rings. The molecule has 4 aromatic rings. The fourth-order valence-corrected chi connectivity index (χ4v) is 3.90. The molecule has 0 unspecified atom stereocenters. The van der Waals surface area contributed by atoms with Crippen LogP contribution in [0.5, 0.6) is 0 Å². The smallest absolute Gasteiger partial charge is 0.349 e. The Balaban J connectivity index is 1.49. The highest BCUT2D eigenvalue weighted by atomic mass is 32.1. The first-order valence-electron chi connectivity index (χ1n) is 8.80. The van der Waals surface area contributed by atoms with Crippen LogP contribution in [0.3, 0.4) is 0 Å². The number of hydrogen-bond acceptors (Lipinski definition) is 6. The van der Waals surface area contributed by atoms with Crippen molar-refractivity contribution in [3.63, 3.8) is 0 Å². The number of halogens is 2. The van der Waals surface area contributed by atoms with Gasteiger partial charge in [-0.1, -0.05) is 12.1 Å². The highest BCUT2D eigenvalue weighted by molar-refractivity contribution is 7.18. The molecule has 1 aromatic carbocycles. The summed E-state index contributed by atoms with van der Waals surface area (Å²) >= 11 is 1.02. The number of alkyl halides is 2. The number of rotatable bonds is 6. The molecule has 0 atom stereocenters. The SMILES string of the molecule is Cc1cc(NC(=O)c2ccco2)sc1C(=O)OCc1nc2ccccc2n1C(F)F. The van der Waals surface area contributed by atoms with Crippen molar-refractivity contribution in [3.8, 4) is 0 Å². The number of carbonyl (C=O) groups is 2. The molecule has 0 aliphatic carbocycles. The summed E-state index contributed by atoms with van der Waals surface area (Å²) in [7, 11) is 0. The monoisotopic (exact) mass is 431 g/mol. The molecule has 1 N–H and O–H groups in total. The van der Waals surface area contributed by atoms with Crippen LogP contribution in [0.1, 0.15) is 38.2 Å². The van der Waals surface area contributed by atoms with Crippen LogP contribution in [0, 0.1) is 6.92 Å². The summed E-state index contributed by atoms with van der Waals surface area (Å²) in [5.41, 5.74) is 1.23. The molecule has 10 heteroatoms. The number of para-hydroxylation sites is 2. The van der Waals surface area contributed by atoms with Crippen molar-refractivity contribution >= 4 is 39.2 Å². The second kappa shape index (κ2) is 8.07. The van der Waals surface area contributed by atoms with Crippen LogP contribution < -0.4 is 5.32 Å². The average molecular weight is 431 g/mol. The third-order valence-electron chi connectivity index (χ3n) is 4.28. The molecule has 0 saturated heterocycles. The number of esters is 1. The van der Waals surface area contributed by atoms with Crippen LogP contribution in [0.4, 0.5) is 13.8 Å². The van der Waals surface area contributed by atoms with Crippen LogP contribution in [0.2, 0.25) is 0 Å². The van der Waals surface area contributed by atoms with Crippen LogP contribution >= 0.6 is 11.3 Å². The lowest BCUT2D eigenvalue weighted by Gasteiger charge is -2.08. The molecule has 4 rings (SSSR count). The van der Waals surface area contributed by atoms with E-state index in [1.165, 1.54) is 18.4 Å². The molecule has 3 aromatic heterocycles. The number of nitrogens with zero attached hydrogens (tertiary/aromatic N) is 2. The highest BCUT2D eigenvalue weighted by Gasteiger charge is 2.21. The molecule has 3 heterocycles. The summed E-state index contributed by atoms with van der Waals surface area (Å²) in [6.07, 6.45) is 1.38. The minimum Gasteiger partial charge on any atom is -0.459 e. The quantitative estimate of drug-likeness (QED) is 0.434. The second-order valence-electron chi connectivity index (χ2n) is 6.29. The highest BCUT2D eigenvalue weighted by Crippen LogP contribution is 2.29. The number of nitrogens with one attached hydrogen (secondary N) is 1. The second-order valence-corrected chi connectivity index (χ2v) is 7.35. The van der Waals surface area contributed by atoms with Gasteiger partial charge in [-0.3, -0.25) is 9.36 Å². The lowest BCUT2D eigenvalue weighted by Crippen LogP contribution is -2.10. The van der Waals surface area contributed by atoms with E-state index in [0.29, 0.717) is 16.1 Å². The Bertz CT molecular complexity index is 1210. The number of aryl methyl sites for hydroxylation is 1. The van der Waals surface area contributed by atoms with Crippen LogP contribution in [-0.4, -0.2) is 21.4 Å². The van der Waals surface area contributed by atoms with Crippen LogP contribution in [0.15, 0.2) is 53.1 Å².